The van der Waals surface area contributed by atoms with Crippen molar-refractivity contribution < 1.29 is 4.79 Å². The first-order chi connectivity index (χ1) is 11.6. The summed E-state index contributed by atoms with van der Waals surface area (Å²) in [6.45, 7) is 8.75. The molecule has 0 radical (unpaired) electrons. The van der Waals surface area contributed by atoms with E-state index in [9.17, 15) is 4.79 Å². The summed E-state index contributed by atoms with van der Waals surface area (Å²) in [5.74, 6) is 2.28. The highest BCUT2D eigenvalue weighted by molar-refractivity contribution is 6.45. The van der Waals surface area contributed by atoms with Crippen LogP contribution < -0.4 is 10.6 Å². The number of hydrogen-bond donors (Lipinski definition) is 2. The van der Waals surface area contributed by atoms with Crippen molar-refractivity contribution in [2.75, 3.05) is 19.6 Å². The van der Waals surface area contributed by atoms with Gasteiger partial charge in [-0.05, 0) is 56.6 Å². The molecule has 2 aliphatic rings. The van der Waals surface area contributed by atoms with Crippen molar-refractivity contribution in [2.45, 2.75) is 39.7 Å². The van der Waals surface area contributed by atoms with Crippen LogP contribution in [0.1, 0.15) is 37.8 Å². The highest BCUT2D eigenvalue weighted by Gasteiger charge is 2.41. The Labute approximate surface area is 145 Å². The van der Waals surface area contributed by atoms with Crippen molar-refractivity contribution in [1.82, 2.24) is 10.6 Å². The molecular formula is C20H29N3O. The van der Waals surface area contributed by atoms with Crippen LogP contribution in [0.2, 0.25) is 0 Å². The predicted molar refractivity (Wildman–Crippen MR) is 98.4 cm³/mol. The fraction of sp³-hybridized carbons (Fsp3) is 0.600. The summed E-state index contributed by atoms with van der Waals surface area (Å²) in [6.07, 6.45) is 2.61. The number of rotatable bonds is 5. The molecule has 2 fully saturated rings. The van der Waals surface area contributed by atoms with E-state index in [2.05, 4.69) is 22.5 Å². The lowest BCUT2D eigenvalue weighted by Crippen LogP contribution is -2.43. The van der Waals surface area contributed by atoms with Crippen LogP contribution in [0.3, 0.4) is 0 Å². The number of carbonyl (C=O) groups is 1. The zero-order valence-corrected chi connectivity index (χ0v) is 15.0. The molecule has 4 nitrogen and oxygen atoms in total. The maximum absolute atomic E-state index is 12.7. The molecule has 1 amide bonds. The van der Waals surface area contributed by atoms with Crippen molar-refractivity contribution >= 4 is 11.6 Å². The van der Waals surface area contributed by atoms with E-state index >= 15 is 0 Å². The third kappa shape index (κ3) is 3.54. The third-order valence-electron chi connectivity index (χ3n) is 5.56. The number of aliphatic imine (C=N–C) groups is 1. The Kier molecular flexibility index (Phi) is 5.34. The summed E-state index contributed by atoms with van der Waals surface area (Å²) >= 11 is 0. The molecule has 24 heavy (non-hydrogen) atoms. The molecule has 4 heteroatoms. The van der Waals surface area contributed by atoms with E-state index in [4.69, 9.17) is 0 Å². The quantitative estimate of drug-likeness (QED) is 0.817. The van der Waals surface area contributed by atoms with Crippen LogP contribution in [-0.4, -0.2) is 37.3 Å². The van der Waals surface area contributed by atoms with Gasteiger partial charge in [0.1, 0.15) is 5.71 Å². The van der Waals surface area contributed by atoms with E-state index in [0.29, 0.717) is 30.8 Å². The lowest BCUT2D eigenvalue weighted by molar-refractivity contribution is -0.114. The number of benzene rings is 1. The second-order valence-corrected chi connectivity index (χ2v) is 7.36. The van der Waals surface area contributed by atoms with E-state index in [1.807, 2.05) is 38.1 Å². The van der Waals surface area contributed by atoms with E-state index < -0.39 is 0 Å². The normalized spacial score (nSPS) is 29.5. The fourth-order valence-electron chi connectivity index (χ4n) is 4.41. The van der Waals surface area contributed by atoms with Gasteiger partial charge >= 0.3 is 0 Å². The van der Waals surface area contributed by atoms with Gasteiger partial charge in [0, 0.05) is 24.7 Å². The van der Waals surface area contributed by atoms with E-state index in [-0.39, 0.29) is 5.91 Å². The molecule has 1 aromatic rings. The molecule has 1 heterocycles. The maximum atomic E-state index is 12.7. The van der Waals surface area contributed by atoms with Crippen LogP contribution in [0, 0.1) is 24.7 Å². The molecule has 1 aromatic carbocycles. The lowest BCUT2D eigenvalue weighted by Gasteiger charge is -2.20. The number of carbonyl (C=O) groups excluding carboxylic acids is 1. The number of fused-ring (bicyclic) bond motifs is 1. The molecule has 1 saturated carbocycles. The van der Waals surface area contributed by atoms with Crippen LogP contribution >= 0.6 is 0 Å². The summed E-state index contributed by atoms with van der Waals surface area (Å²) < 4.78 is 0. The molecular weight excluding hydrogens is 298 g/mol. The second kappa shape index (κ2) is 7.47. The molecule has 1 aliphatic carbocycles. The minimum atomic E-state index is -0.0533. The Morgan fingerprint density at radius 2 is 2.12 bits per heavy atom. The topological polar surface area (TPSA) is 53.5 Å². The van der Waals surface area contributed by atoms with Crippen LogP contribution in [0.15, 0.2) is 29.3 Å². The van der Waals surface area contributed by atoms with Crippen molar-refractivity contribution in [3.05, 3.63) is 35.4 Å². The van der Waals surface area contributed by atoms with Gasteiger partial charge in [0.05, 0.1) is 0 Å². The summed E-state index contributed by atoms with van der Waals surface area (Å²) in [5, 5.41) is 6.73. The smallest absolute Gasteiger partial charge is 0.270 e. The van der Waals surface area contributed by atoms with Gasteiger partial charge in [0.15, 0.2) is 0 Å². The first-order valence-corrected chi connectivity index (χ1v) is 9.22. The second-order valence-electron chi connectivity index (χ2n) is 7.36. The van der Waals surface area contributed by atoms with E-state index in [1.54, 1.807) is 0 Å². The minimum absolute atomic E-state index is 0.0533. The Bertz CT molecular complexity index is 625. The number of nitrogens with one attached hydrogen (secondary N) is 2. The van der Waals surface area contributed by atoms with Crippen molar-refractivity contribution in [2.24, 2.45) is 22.7 Å². The average molecular weight is 327 g/mol. The molecule has 130 valence electrons. The van der Waals surface area contributed by atoms with Crippen LogP contribution in [0.4, 0.5) is 0 Å². The first-order valence-electron chi connectivity index (χ1n) is 9.22. The minimum Gasteiger partial charge on any atom is -0.349 e. The van der Waals surface area contributed by atoms with E-state index in [1.165, 1.54) is 12.8 Å². The zero-order chi connectivity index (χ0) is 17.1. The molecule has 0 spiro atoms. The Morgan fingerprint density at radius 1 is 1.33 bits per heavy atom. The van der Waals surface area contributed by atoms with Gasteiger partial charge in [-0.3, -0.25) is 9.79 Å². The van der Waals surface area contributed by atoms with Gasteiger partial charge in [-0.15, -0.1) is 0 Å². The van der Waals surface area contributed by atoms with E-state index in [0.717, 1.165) is 29.5 Å². The maximum Gasteiger partial charge on any atom is 0.270 e. The largest absolute Gasteiger partial charge is 0.349 e. The van der Waals surface area contributed by atoms with Gasteiger partial charge in [-0.25, -0.2) is 0 Å². The first kappa shape index (κ1) is 17.2. The Hall–Kier alpha value is -1.68. The van der Waals surface area contributed by atoms with Crippen LogP contribution in [-0.2, 0) is 4.79 Å². The van der Waals surface area contributed by atoms with Crippen LogP contribution in [0.5, 0.6) is 0 Å². The number of nitrogens with zero attached hydrogens (tertiary/aromatic N) is 1. The summed E-state index contributed by atoms with van der Waals surface area (Å²) in [4.78, 5) is 17.2. The van der Waals surface area contributed by atoms with Crippen molar-refractivity contribution in [3.8, 4) is 0 Å². The van der Waals surface area contributed by atoms with Gasteiger partial charge in [-0.1, -0.05) is 31.2 Å². The number of amides is 1. The Balaban J connectivity index is 1.65. The Morgan fingerprint density at radius 3 is 2.88 bits per heavy atom. The molecule has 1 aliphatic heterocycles. The summed E-state index contributed by atoms with van der Waals surface area (Å²) in [5.41, 5.74) is 2.58. The van der Waals surface area contributed by atoms with Gasteiger partial charge in [0.25, 0.3) is 5.91 Å². The fourth-order valence-corrected chi connectivity index (χ4v) is 4.41. The van der Waals surface area contributed by atoms with Gasteiger partial charge < -0.3 is 10.6 Å². The van der Waals surface area contributed by atoms with Crippen molar-refractivity contribution in [1.29, 1.82) is 0 Å². The number of hydrogen-bond acceptors (Lipinski definition) is 3. The van der Waals surface area contributed by atoms with Crippen molar-refractivity contribution in [3.63, 3.8) is 0 Å². The molecule has 1 saturated heterocycles. The summed E-state index contributed by atoms with van der Waals surface area (Å²) in [6, 6.07) is 8.36. The highest BCUT2D eigenvalue weighted by Crippen LogP contribution is 2.40. The molecule has 4 atom stereocenters. The number of aryl methyl sites for hydroxylation is 1. The molecule has 3 rings (SSSR count). The monoisotopic (exact) mass is 327 g/mol. The highest BCUT2D eigenvalue weighted by atomic mass is 16.1. The molecule has 0 bridgehead atoms. The van der Waals surface area contributed by atoms with Gasteiger partial charge in [0.2, 0.25) is 0 Å². The molecule has 1 unspecified atom stereocenters. The lowest BCUT2D eigenvalue weighted by atomic mass is 9.94. The predicted octanol–water partition coefficient (Wildman–Crippen LogP) is 2.55. The van der Waals surface area contributed by atoms with Crippen LogP contribution in [0.25, 0.3) is 0 Å². The SMILES string of the molecule is CCN=C(C(=O)NC[C@H]1NC[C@@H]2CC(C)C[C@@H]21)c1ccccc1C. The molecule has 0 aromatic heterocycles. The third-order valence-corrected chi connectivity index (χ3v) is 5.56. The average Bonchev–Trinajstić information content (AvgIpc) is 3.10. The molecule has 2 N–H and O–H groups in total. The standard InChI is InChI=1S/C20H29N3O/c1-4-21-19(16-8-6-5-7-14(16)3)20(24)23-12-18-17-10-13(2)9-15(17)11-22-18/h5-8,13,15,17-18,22H,4,9-12H2,1-3H3,(H,23,24)/t13?,15-,17-,18+/m0/s1. The van der Waals surface area contributed by atoms with Gasteiger partial charge in [-0.2, -0.15) is 0 Å². The summed E-state index contributed by atoms with van der Waals surface area (Å²) in [7, 11) is 0. The zero-order valence-electron chi connectivity index (χ0n) is 15.0.